The lowest BCUT2D eigenvalue weighted by atomic mass is 9.97. The maximum absolute atomic E-state index is 13.6. The maximum atomic E-state index is 13.6. The molecule has 1 aromatic rings. The summed E-state index contributed by atoms with van der Waals surface area (Å²) in [7, 11) is 0. The molecule has 0 fully saturated rings. The van der Waals surface area contributed by atoms with Crippen LogP contribution >= 0.6 is 27.7 Å². The molecule has 0 bridgehead atoms. The molecule has 1 aliphatic rings. The molecule has 0 aromatic heterocycles. The van der Waals surface area contributed by atoms with Gasteiger partial charge in [-0.05, 0) is 33.5 Å². The molecular weight excluding hydrogens is 303 g/mol. The molecule has 0 amide bonds. The van der Waals surface area contributed by atoms with Crippen molar-refractivity contribution >= 4 is 38.5 Å². The quantitative estimate of drug-likeness (QED) is 0.842. The zero-order chi connectivity index (χ0) is 12.5. The van der Waals surface area contributed by atoms with Gasteiger partial charge in [-0.1, -0.05) is 31.7 Å². The molecule has 2 rings (SSSR count). The standard InChI is InChI=1S/C12H14BrFN2S/c1-12(2)6-15-11(17-7-12)16-10-8(13)4-3-5-9(10)14/h3-5H,6-7H2,1-2H3,(H,15,16). The second kappa shape index (κ2) is 4.98. The number of benzene rings is 1. The maximum Gasteiger partial charge on any atom is 0.161 e. The van der Waals surface area contributed by atoms with Crippen molar-refractivity contribution < 1.29 is 4.39 Å². The van der Waals surface area contributed by atoms with Gasteiger partial charge in [-0.15, -0.1) is 0 Å². The first kappa shape index (κ1) is 12.9. The van der Waals surface area contributed by atoms with E-state index in [1.54, 1.807) is 17.8 Å². The van der Waals surface area contributed by atoms with Gasteiger partial charge >= 0.3 is 0 Å². The second-order valence-electron chi connectivity index (χ2n) is 4.80. The Morgan fingerprint density at radius 2 is 2.24 bits per heavy atom. The number of thioether (sulfide) groups is 1. The SMILES string of the molecule is CC1(C)CN=C(Nc2c(F)cccc2Br)SC1. The van der Waals surface area contributed by atoms with Crippen molar-refractivity contribution in [3.8, 4) is 0 Å². The van der Waals surface area contributed by atoms with Crippen LogP contribution in [0, 0.1) is 11.2 Å². The third-order valence-corrected chi connectivity index (χ3v) is 4.54. The van der Waals surface area contributed by atoms with Crippen LogP contribution in [0.25, 0.3) is 0 Å². The Morgan fingerprint density at radius 1 is 1.47 bits per heavy atom. The summed E-state index contributed by atoms with van der Waals surface area (Å²) in [6, 6.07) is 4.91. The van der Waals surface area contributed by atoms with E-state index in [2.05, 4.69) is 40.1 Å². The molecule has 0 aliphatic carbocycles. The zero-order valence-electron chi connectivity index (χ0n) is 9.76. The van der Waals surface area contributed by atoms with Gasteiger partial charge in [-0.2, -0.15) is 0 Å². The van der Waals surface area contributed by atoms with E-state index in [-0.39, 0.29) is 11.2 Å². The van der Waals surface area contributed by atoms with E-state index in [0.29, 0.717) is 10.2 Å². The summed E-state index contributed by atoms with van der Waals surface area (Å²) in [6.07, 6.45) is 0. The first-order chi connectivity index (χ1) is 7.98. The van der Waals surface area contributed by atoms with Crippen LogP contribution in [0.1, 0.15) is 13.8 Å². The fraction of sp³-hybridized carbons (Fsp3) is 0.417. The summed E-state index contributed by atoms with van der Waals surface area (Å²) in [6.45, 7) is 5.13. The minimum atomic E-state index is -0.271. The van der Waals surface area contributed by atoms with Gasteiger partial charge in [0, 0.05) is 16.8 Å². The number of anilines is 1. The van der Waals surface area contributed by atoms with Crippen LogP contribution < -0.4 is 5.32 Å². The highest BCUT2D eigenvalue weighted by molar-refractivity contribution is 9.10. The van der Waals surface area contributed by atoms with E-state index in [4.69, 9.17) is 0 Å². The average molecular weight is 317 g/mol. The van der Waals surface area contributed by atoms with Gasteiger partial charge in [0.1, 0.15) is 5.82 Å². The molecule has 0 radical (unpaired) electrons. The fourth-order valence-electron chi connectivity index (χ4n) is 1.44. The lowest BCUT2D eigenvalue weighted by Crippen LogP contribution is -2.27. The fourth-order valence-corrected chi connectivity index (χ4v) is 2.83. The molecule has 1 aliphatic heterocycles. The topological polar surface area (TPSA) is 24.4 Å². The molecule has 0 saturated heterocycles. The van der Waals surface area contributed by atoms with E-state index in [9.17, 15) is 4.39 Å². The number of halogens is 2. The summed E-state index contributed by atoms with van der Waals surface area (Å²) in [5.41, 5.74) is 0.681. The Labute approximate surface area is 113 Å². The molecule has 1 heterocycles. The van der Waals surface area contributed by atoms with Gasteiger partial charge in [0.25, 0.3) is 0 Å². The number of hydrogen-bond donors (Lipinski definition) is 1. The molecule has 0 atom stereocenters. The van der Waals surface area contributed by atoms with Crippen molar-refractivity contribution in [2.45, 2.75) is 13.8 Å². The summed E-state index contributed by atoms with van der Waals surface area (Å²) in [5.74, 6) is 0.720. The molecule has 1 aromatic carbocycles. The van der Waals surface area contributed by atoms with Gasteiger partial charge < -0.3 is 5.32 Å². The smallest absolute Gasteiger partial charge is 0.161 e. The highest BCUT2D eigenvalue weighted by atomic mass is 79.9. The molecule has 0 unspecified atom stereocenters. The molecule has 2 nitrogen and oxygen atoms in total. The van der Waals surface area contributed by atoms with Gasteiger partial charge in [0.15, 0.2) is 5.17 Å². The monoisotopic (exact) mass is 316 g/mol. The van der Waals surface area contributed by atoms with Crippen molar-refractivity contribution in [3.63, 3.8) is 0 Å². The van der Waals surface area contributed by atoms with Gasteiger partial charge in [0.2, 0.25) is 0 Å². The van der Waals surface area contributed by atoms with E-state index in [0.717, 1.165) is 17.5 Å². The summed E-state index contributed by atoms with van der Waals surface area (Å²) in [4.78, 5) is 4.44. The summed E-state index contributed by atoms with van der Waals surface area (Å²) in [5, 5.41) is 3.83. The van der Waals surface area contributed by atoms with Gasteiger partial charge in [-0.3, -0.25) is 4.99 Å². The number of nitrogens with one attached hydrogen (secondary N) is 1. The van der Waals surface area contributed by atoms with Gasteiger partial charge in [0.05, 0.1) is 5.69 Å². The second-order valence-corrected chi connectivity index (χ2v) is 6.61. The van der Waals surface area contributed by atoms with E-state index < -0.39 is 0 Å². The predicted octanol–water partition coefficient (Wildman–Crippen LogP) is 4.13. The minimum absolute atomic E-state index is 0.225. The Bertz CT molecular complexity index is 440. The molecule has 5 heteroatoms. The average Bonchev–Trinajstić information content (AvgIpc) is 2.26. The van der Waals surface area contributed by atoms with Crippen LogP contribution in [-0.4, -0.2) is 17.5 Å². The Morgan fingerprint density at radius 3 is 2.82 bits per heavy atom. The van der Waals surface area contributed by atoms with Crippen LogP contribution in [0.2, 0.25) is 0 Å². The number of amidine groups is 1. The van der Waals surface area contributed by atoms with Crippen molar-refractivity contribution in [2.75, 3.05) is 17.6 Å². The zero-order valence-corrected chi connectivity index (χ0v) is 12.2. The number of rotatable bonds is 1. The van der Waals surface area contributed by atoms with Crippen molar-refractivity contribution in [3.05, 3.63) is 28.5 Å². The van der Waals surface area contributed by atoms with E-state index in [1.165, 1.54) is 6.07 Å². The minimum Gasteiger partial charge on any atom is -0.332 e. The van der Waals surface area contributed by atoms with Crippen LogP contribution in [-0.2, 0) is 0 Å². The number of hydrogen-bond acceptors (Lipinski definition) is 3. The normalized spacial score (nSPS) is 18.7. The van der Waals surface area contributed by atoms with Gasteiger partial charge in [-0.25, -0.2) is 4.39 Å². The Hall–Kier alpha value is -0.550. The van der Waals surface area contributed by atoms with Crippen LogP contribution in [0.15, 0.2) is 27.7 Å². The molecule has 92 valence electrons. The van der Waals surface area contributed by atoms with Crippen LogP contribution in [0.4, 0.5) is 10.1 Å². The highest BCUT2D eigenvalue weighted by Crippen LogP contribution is 2.31. The Balaban J connectivity index is 2.15. The largest absolute Gasteiger partial charge is 0.332 e. The molecule has 17 heavy (non-hydrogen) atoms. The molecular formula is C12H14BrFN2S. The summed E-state index contributed by atoms with van der Waals surface area (Å²) >= 11 is 4.96. The number of aliphatic imine (C=N–C) groups is 1. The number of nitrogens with zero attached hydrogens (tertiary/aromatic N) is 1. The first-order valence-electron chi connectivity index (χ1n) is 5.36. The molecule has 0 spiro atoms. The van der Waals surface area contributed by atoms with Crippen molar-refractivity contribution in [1.82, 2.24) is 0 Å². The first-order valence-corrected chi connectivity index (χ1v) is 7.14. The lowest BCUT2D eigenvalue weighted by Gasteiger charge is -2.27. The van der Waals surface area contributed by atoms with E-state index >= 15 is 0 Å². The van der Waals surface area contributed by atoms with Crippen molar-refractivity contribution in [2.24, 2.45) is 10.4 Å². The van der Waals surface area contributed by atoms with Crippen LogP contribution in [0.3, 0.4) is 0 Å². The highest BCUT2D eigenvalue weighted by Gasteiger charge is 2.24. The van der Waals surface area contributed by atoms with Crippen LogP contribution in [0.5, 0.6) is 0 Å². The number of para-hydroxylation sites is 1. The predicted molar refractivity (Wildman–Crippen MR) is 76.3 cm³/mol. The third-order valence-electron chi connectivity index (χ3n) is 2.45. The summed E-state index contributed by atoms with van der Waals surface area (Å²) < 4.78 is 14.3. The Kier molecular flexibility index (Phi) is 3.78. The van der Waals surface area contributed by atoms with Crippen molar-refractivity contribution in [1.29, 1.82) is 0 Å². The third kappa shape index (κ3) is 3.22. The van der Waals surface area contributed by atoms with E-state index in [1.807, 2.05) is 6.07 Å². The lowest BCUT2D eigenvalue weighted by molar-refractivity contribution is 0.438. The molecule has 1 N–H and O–H groups in total. The molecule has 0 saturated carbocycles.